The molecule has 0 spiro atoms. The van der Waals surface area contributed by atoms with Crippen molar-refractivity contribution >= 4 is 0 Å². The highest BCUT2D eigenvalue weighted by Crippen LogP contribution is 2.32. The molecule has 0 radical (unpaired) electrons. The van der Waals surface area contributed by atoms with Crippen LogP contribution in [-0.4, -0.2) is 26.9 Å². The minimum absolute atomic E-state index is 0.253. The SMILES string of the molecule is COCCC(C)(C)CNC1CCOc2ccccc21. The Kier molecular flexibility index (Phi) is 4.83. The second-order valence-corrected chi connectivity index (χ2v) is 6.02. The third-order valence-corrected chi connectivity index (χ3v) is 3.77. The van der Waals surface area contributed by atoms with Gasteiger partial charge in [0.2, 0.25) is 0 Å². The summed E-state index contributed by atoms with van der Waals surface area (Å²) in [5.41, 5.74) is 1.54. The topological polar surface area (TPSA) is 30.5 Å². The van der Waals surface area contributed by atoms with Gasteiger partial charge in [-0.15, -0.1) is 0 Å². The van der Waals surface area contributed by atoms with Crippen LogP contribution in [0.25, 0.3) is 0 Å². The predicted molar refractivity (Wildman–Crippen MR) is 77.6 cm³/mol. The van der Waals surface area contributed by atoms with Crippen molar-refractivity contribution in [1.29, 1.82) is 0 Å². The van der Waals surface area contributed by atoms with Crippen LogP contribution in [-0.2, 0) is 4.74 Å². The van der Waals surface area contributed by atoms with Crippen molar-refractivity contribution in [3.8, 4) is 5.75 Å². The number of fused-ring (bicyclic) bond motifs is 1. The Hall–Kier alpha value is -1.06. The molecule has 0 bridgehead atoms. The van der Waals surface area contributed by atoms with Gasteiger partial charge in [-0.3, -0.25) is 0 Å². The number of nitrogens with one attached hydrogen (secondary N) is 1. The monoisotopic (exact) mass is 263 g/mol. The molecule has 1 unspecified atom stereocenters. The second kappa shape index (κ2) is 6.40. The molecule has 1 aromatic rings. The normalized spacial score (nSPS) is 18.8. The van der Waals surface area contributed by atoms with E-state index < -0.39 is 0 Å². The maximum absolute atomic E-state index is 5.69. The second-order valence-electron chi connectivity index (χ2n) is 6.02. The molecule has 106 valence electrons. The largest absolute Gasteiger partial charge is 0.493 e. The van der Waals surface area contributed by atoms with Crippen molar-refractivity contribution in [2.45, 2.75) is 32.7 Å². The Labute approximate surface area is 116 Å². The molecule has 2 rings (SSSR count). The van der Waals surface area contributed by atoms with Crippen LogP contribution >= 0.6 is 0 Å². The molecule has 0 saturated heterocycles. The molecule has 1 aliphatic rings. The molecule has 0 aliphatic carbocycles. The van der Waals surface area contributed by atoms with E-state index in [0.717, 1.165) is 38.3 Å². The van der Waals surface area contributed by atoms with Crippen molar-refractivity contribution in [1.82, 2.24) is 5.32 Å². The maximum atomic E-state index is 5.69. The minimum atomic E-state index is 0.253. The Balaban J connectivity index is 1.94. The van der Waals surface area contributed by atoms with Crippen molar-refractivity contribution < 1.29 is 9.47 Å². The number of benzene rings is 1. The lowest BCUT2D eigenvalue weighted by Crippen LogP contribution is -2.35. The first-order chi connectivity index (χ1) is 9.12. The molecule has 19 heavy (non-hydrogen) atoms. The summed E-state index contributed by atoms with van der Waals surface area (Å²) in [7, 11) is 1.76. The Bertz CT molecular complexity index is 403. The molecule has 1 N–H and O–H groups in total. The van der Waals surface area contributed by atoms with Crippen LogP contribution in [0.4, 0.5) is 0 Å². The smallest absolute Gasteiger partial charge is 0.124 e. The third-order valence-electron chi connectivity index (χ3n) is 3.77. The highest BCUT2D eigenvalue weighted by atomic mass is 16.5. The molecule has 1 aromatic carbocycles. The van der Waals surface area contributed by atoms with Crippen molar-refractivity contribution in [3.63, 3.8) is 0 Å². The Morgan fingerprint density at radius 2 is 2.16 bits per heavy atom. The van der Waals surface area contributed by atoms with Gasteiger partial charge in [-0.25, -0.2) is 0 Å². The van der Waals surface area contributed by atoms with E-state index in [-0.39, 0.29) is 5.41 Å². The van der Waals surface area contributed by atoms with Crippen LogP contribution in [0.2, 0.25) is 0 Å². The van der Waals surface area contributed by atoms with Crippen LogP contribution in [0.3, 0.4) is 0 Å². The molecule has 1 atom stereocenters. The predicted octanol–water partition coefficient (Wildman–Crippen LogP) is 3.16. The van der Waals surface area contributed by atoms with Crippen LogP contribution in [0, 0.1) is 5.41 Å². The van der Waals surface area contributed by atoms with Gasteiger partial charge in [-0.2, -0.15) is 0 Å². The fourth-order valence-corrected chi connectivity index (χ4v) is 2.42. The molecule has 1 heterocycles. The van der Waals surface area contributed by atoms with Gasteiger partial charge >= 0.3 is 0 Å². The summed E-state index contributed by atoms with van der Waals surface area (Å²) in [4.78, 5) is 0. The quantitative estimate of drug-likeness (QED) is 0.855. The summed E-state index contributed by atoms with van der Waals surface area (Å²) in [6, 6.07) is 8.74. The van der Waals surface area contributed by atoms with E-state index in [1.165, 1.54) is 5.56 Å². The molecule has 0 aromatic heterocycles. The first-order valence-corrected chi connectivity index (χ1v) is 7.06. The zero-order valence-corrected chi connectivity index (χ0v) is 12.2. The number of hydrogen-bond acceptors (Lipinski definition) is 3. The van der Waals surface area contributed by atoms with Gasteiger partial charge in [0.1, 0.15) is 5.75 Å². The van der Waals surface area contributed by atoms with Gasteiger partial charge in [0.15, 0.2) is 0 Å². The Morgan fingerprint density at radius 1 is 1.37 bits per heavy atom. The molecular formula is C16H25NO2. The molecule has 0 fully saturated rings. The van der Waals surface area contributed by atoms with Gasteiger partial charge in [0, 0.05) is 38.3 Å². The van der Waals surface area contributed by atoms with Crippen LogP contribution in [0.5, 0.6) is 5.75 Å². The molecule has 0 amide bonds. The van der Waals surface area contributed by atoms with Gasteiger partial charge in [0.05, 0.1) is 6.61 Å². The lowest BCUT2D eigenvalue weighted by molar-refractivity contribution is 0.146. The summed E-state index contributed by atoms with van der Waals surface area (Å²) in [6.07, 6.45) is 2.11. The van der Waals surface area contributed by atoms with Gasteiger partial charge in [0.25, 0.3) is 0 Å². The first kappa shape index (κ1) is 14.4. The van der Waals surface area contributed by atoms with Gasteiger partial charge in [-0.1, -0.05) is 32.0 Å². The van der Waals surface area contributed by atoms with Crippen molar-refractivity contribution in [2.24, 2.45) is 5.41 Å². The summed E-state index contributed by atoms with van der Waals surface area (Å²) in [5, 5.41) is 3.69. The fourth-order valence-electron chi connectivity index (χ4n) is 2.42. The van der Waals surface area contributed by atoms with E-state index in [0.29, 0.717) is 6.04 Å². The zero-order chi connectivity index (χ0) is 13.7. The molecular weight excluding hydrogens is 238 g/mol. The van der Waals surface area contributed by atoms with Crippen molar-refractivity contribution in [2.75, 3.05) is 26.9 Å². The molecule has 1 aliphatic heterocycles. The van der Waals surface area contributed by atoms with E-state index in [2.05, 4.69) is 37.4 Å². The molecule has 0 saturated carbocycles. The van der Waals surface area contributed by atoms with E-state index in [9.17, 15) is 0 Å². The minimum Gasteiger partial charge on any atom is -0.493 e. The highest BCUT2D eigenvalue weighted by Gasteiger charge is 2.24. The molecule has 3 heteroatoms. The van der Waals surface area contributed by atoms with Crippen LogP contribution < -0.4 is 10.1 Å². The summed E-state index contributed by atoms with van der Waals surface area (Å²) in [5.74, 6) is 1.03. The third kappa shape index (κ3) is 3.95. The van der Waals surface area contributed by atoms with E-state index >= 15 is 0 Å². The average molecular weight is 263 g/mol. The summed E-state index contributed by atoms with van der Waals surface area (Å²) in [6.45, 7) is 7.18. The number of hydrogen-bond donors (Lipinski definition) is 1. The van der Waals surface area contributed by atoms with E-state index in [1.54, 1.807) is 7.11 Å². The number of para-hydroxylation sites is 1. The highest BCUT2D eigenvalue weighted by molar-refractivity contribution is 5.37. The van der Waals surface area contributed by atoms with E-state index in [4.69, 9.17) is 9.47 Å². The number of methoxy groups -OCH3 is 1. The number of ether oxygens (including phenoxy) is 2. The Morgan fingerprint density at radius 3 is 2.95 bits per heavy atom. The summed E-state index contributed by atoms with van der Waals surface area (Å²) >= 11 is 0. The molecule has 3 nitrogen and oxygen atoms in total. The fraction of sp³-hybridized carbons (Fsp3) is 0.625. The van der Waals surface area contributed by atoms with E-state index in [1.807, 2.05) is 6.07 Å². The lowest BCUT2D eigenvalue weighted by atomic mass is 9.88. The number of rotatable bonds is 6. The average Bonchev–Trinajstić information content (AvgIpc) is 2.43. The maximum Gasteiger partial charge on any atom is 0.124 e. The first-order valence-electron chi connectivity index (χ1n) is 7.06. The van der Waals surface area contributed by atoms with Crippen LogP contribution in [0.1, 0.15) is 38.3 Å². The van der Waals surface area contributed by atoms with Crippen LogP contribution in [0.15, 0.2) is 24.3 Å². The lowest BCUT2D eigenvalue weighted by Gasteiger charge is -2.31. The van der Waals surface area contributed by atoms with Gasteiger partial charge < -0.3 is 14.8 Å². The zero-order valence-electron chi connectivity index (χ0n) is 12.2. The standard InChI is InChI=1S/C16H25NO2/c1-16(2,9-11-18-3)12-17-14-8-10-19-15-7-5-4-6-13(14)15/h4-7,14,17H,8-12H2,1-3H3. The van der Waals surface area contributed by atoms with Crippen molar-refractivity contribution in [3.05, 3.63) is 29.8 Å². The van der Waals surface area contributed by atoms with Gasteiger partial charge in [-0.05, 0) is 17.9 Å². The summed E-state index contributed by atoms with van der Waals surface area (Å²) < 4.78 is 10.9.